The zero-order chi connectivity index (χ0) is 19.0. The molecule has 7 nitrogen and oxygen atoms in total. The molecule has 0 radical (unpaired) electrons. The lowest BCUT2D eigenvalue weighted by atomic mass is 9.49. The topological polar surface area (TPSA) is 104 Å². The van der Waals surface area contributed by atoms with E-state index in [9.17, 15) is 14.7 Å². The second-order valence-corrected chi connectivity index (χ2v) is 8.70. The summed E-state index contributed by atoms with van der Waals surface area (Å²) in [5.74, 6) is 2.53. The number of ether oxygens (including phenoxy) is 1. The number of aromatic nitrogens is 2. The average Bonchev–Trinajstić information content (AvgIpc) is 2.63. The molecular formula is C20H29N3O4. The van der Waals surface area contributed by atoms with E-state index in [0.29, 0.717) is 6.61 Å². The number of aromatic amines is 1. The highest BCUT2D eigenvalue weighted by molar-refractivity contribution is 5.93. The average molecular weight is 375 g/mol. The number of rotatable bonds is 7. The molecular weight excluding hydrogens is 346 g/mol. The Labute approximate surface area is 158 Å². The molecule has 5 rings (SSSR count). The quantitative estimate of drug-likeness (QED) is 0.668. The molecule has 4 saturated carbocycles. The van der Waals surface area contributed by atoms with Gasteiger partial charge in [-0.1, -0.05) is 0 Å². The summed E-state index contributed by atoms with van der Waals surface area (Å²) < 4.78 is 5.11. The Kier molecular flexibility index (Phi) is 5.07. The van der Waals surface area contributed by atoms with Crippen LogP contribution in [-0.2, 0) is 10.2 Å². The first kappa shape index (κ1) is 18.6. The van der Waals surface area contributed by atoms with Gasteiger partial charge in [-0.15, -0.1) is 0 Å². The number of amides is 1. The van der Waals surface area contributed by atoms with Gasteiger partial charge in [-0.25, -0.2) is 4.98 Å². The van der Waals surface area contributed by atoms with Crippen molar-refractivity contribution < 1.29 is 14.6 Å². The van der Waals surface area contributed by atoms with Crippen LogP contribution in [0.5, 0.6) is 0 Å². The van der Waals surface area contributed by atoms with Crippen LogP contribution in [0.15, 0.2) is 11.0 Å². The van der Waals surface area contributed by atoms with Gasteiger partial charge in [0, 0.05) is 24.8 Å². The number of aliphatic hydroxyl groups is 1. The van der Waals surface area contributed by atoms with Crippen LogP contribution in [0.1, 0.15) is 61.6 Å². The minimum absolute atomic E-state index is 0.00337. The Hall–Kier alpha value is -1.73. The van der Waals surface area contributed by atoms with Crippen LogP contribution in [0.4, 0.5) is 0 Å². The highest BCUT2D eigenvalue weighted by atomic mass is 16.5. The van der Waals surface area contributed by atoms with Gasteiger partial charge in [-0.2, -0.15) is 0 Å². The third kappa shape index (κ3) is 3.67. The minimum atomic E-state index is -0.799. The van der Waals surface area contributed by atoms with E-state index in [1.165, 1.54) is 25.5 Å². The zero-order valence-corrected chi connectivity index (χ0v) is 15.9. The van der Waals surface area contributed by atoms with Crippen LogP contribution in [0.25, 0.3) is 0 Å². The van der Waals surface area contributed by atoms with Gasteiger partial charge < -0.3 is 20.1 Å². The van der Waals surface area contributed by atoms with Gasteiger partial charge in [0.15, 0.2) is 0 Å². The van der Waals surface area contributed by atoms with E-state index in [-0.39, 0.29) is 24.1 Å². The first-order valence-electron chi connectivity index (χ1n) is 10.1. The predicted molar refractivity (Wildman–Crippen MR) is 99.5 cm³/mol. The highest BCUT2D eigenvalue weighted by Gasteiger charge is 2.52. The number of carbonyl (C=O) groups is 1. The van der Waals surface area contributed by atoms with Crippen LogP contribution in [-0.4, -0.2) is 46.8 Å². The smallest absolute Gasteiger partial charge is 0.263 e. The molecule has 1 aromatic rings. The Morgan fingerprint density at radius 3 is 2.52 bits per heavy atom. The van der Waals surface area contributed by atoms with Crippen molar-refractivity contribution in [1.29, 1.82) is 0 Å². The fraction of sp³-hybridized carbons (Fsp3) is 0.750. The predicted octanol–water partition coefficient (Wildman–Crippen LogP) is 1.36. The summed E-state index contributed by atoms with van der Waals surface area (Å²) >= 11 is 0. The number of hydrogen-bond acceptors (Lipinski definition) is 5. The molecule has 148 valence electrons. The van der Waals surface area contributed by atoms with Gasteiger partial charge in [0.2, 0.25) is 0 Å². The number of H-pyrrole nitrogens is 1. The van der Waals surface area contributed by atoms with E-state index in [0.717, 1.165) is 42.8 Å². The second-order valence-electron chi connectivity index (χ2n) is 8.70. The molecule has 4 aliphatic carbocycles. The highest BCUT2D eigenvalue weighted by Crippen LogP contribution is 2.59. The van der Waals surface area contributed by atoms with Crippen molar-refractivity contribution >= 4 is 5.91 Å². The minimum Gasteiger partial charge on any atom is -0.389 e. The van der Waals surface area contributed by atoms with E-state index >= 15 is 0 Å². The van der Waals surface area contributed by atoms with Gasteiger partial charge in [0.05, 0.1) is 12.7 Å². The lowest BCUT2D eigenvalue weighted by Crippen LogP contribution is -2.50. The first-order valence-corrected chi connectivity index (χ1v) is 10.1. The van der Waals surface area contributed by atoms with Crippen LogP contribution in [0, 0.1) is 17.8 Å². The van der Waals surface area contributed by atoms with Gasteiger partial charge in [-0.05, 0) is 63.2 Å². The molecule has 0 aliphatic heterocycles. The fourth-order valence-corrected chi connectivity index (χ4v) is 5.85. The van der Waals surface area contributed by atoms with Crippen molar-refractivity contribution in [3.63, 3.8) is 0 Å². The van der Waals surface area contributed by atoms with E-state index in [1.807, 2.05) is 6.92 Å². The van der Waals surface area contributed by atoms with Gasteiger partial charge in [-0.3, -0.25) is 9.59 Å². The lowest BCUT2D eigenvalue weighted by Gasteiger charge is -2.56. The Morgan fingerprint density at radius 1 is 1.33 bits per heavy atom. The standard InChI is InChI=1S/C20H29N3O4/c1-2-27-11-15(24)9-21-17(25)16-10-22-19(23-18(16)26)20-6-12-3-13(7-20)5-14(4-12)8-20/h10,12-15,24H,2-9,11H2,1H3,(H,21,25)(H,22,23,26)/t12?,13?,14?,15-,20?/m1/s1. The summed E-state index contributed by atoms with van der Waals surface area (Å²) in [4.78, 5) is 32.3. The third-order valence-corrected chi connectivity index (χ3v) is 6.60. The summed E-state index contributed by atoms with van der Waals surface area (Å²) in [7, 11) is 0. The lowest BCUT2D eigenvalue weighted by molar-refractivity contribution is -0.00954. The molecule has 1 heterocycles. The summed E-state index contributed by atoms with van der Waals surface area (Å²) in [5.41, 5.74) is -0.406. The molecule has 27 heavy (non-hydrogen) atoms. The largest absolute Gasteiger partial charge is 0.389 e. The number of nitrogens with zero attached hydrogens (tertiary/aromatic N) is 1. The Bertz CT molecular complexity index is 725. The maximum atomic E-state index is 12.5. The van der Waals surface area contributed by atoms with Gasteiger partial charge in [0.25, 0.3) is 11.5 Å². The third-order valence-electron chi connectivity index (χ3n) is 6.60. The van der Waals surface area contributed by atoms with E-state index in [4.69, 9.17) is 4.74 Å². The van der Waals surface area contributed by atoms with Crippen molar-refractivity contribution in [2.24, 2.45) is 17.8 Å². The van der Waals surface area contributed by atoms with Gasteiger partial charge >= 0.3 is 0 Å². The molecule has 3 N–H and O–H groups in total. The molecule has 4 fully saturated rings. The molecule has 1 atom stereocenters. The first-order chi connectivity index (χ1) is 13.0. The van der Waals surface area contributed by atoms with Crippen molar-refractivity contribution in [1.82, 2.24) is 15.3 Å². The van der Waals surface area contributed by atoms with E-state index in [1.54, 1.807) is 0 Å². The van der Waals surface area contributed by atoms with E-state index in [2.05, 4.69) is 15.3 Å². The molecule has 1 amide bonds. The normalized spacial score (nSPS) is 32.4. The molecule has 4 bridgehead atoms. The molecule has 1 aromatic heterocycles. The van der Waals surface area contributed by atoms with Crippen molar-refractivity contribution in [2.45, 2.75) is 57.0 Å². The van der Waals surface area contributed by atoms with Crippen LogP contribution < -0.4 is 10.9 Å². The second kappa shape index (κ2) is 7.36. The number of carbonyl (C=O) groups excluding carboxylic acids is 1. The van der Waals surface area contributed by atoms with Crippen molar-refractivity contribution in [3.8, 4) is 0 Å². The maximum Gasteiger partial charge on any atom is 0.263 e. The zero-order valence-electron chi connectivity index (χ0n) is 15.9. The maximum absolute atomic E-state index is 12.5. The molecule has 0 aromatic carbocycles. The van der Waals surface area contributed by atoms with Crippen molar-refractivity contribution in [3.05, 3.63) is 27.9 Å². The van der Waals surface area contributed by atoms with Crippen LogP contribution >= 0.6 is 0 Å². The Morgan fingerprint density at radius 2 is 1.96 bits per heavy atom. The summed E-state index contributed by atoms with van der Waals surface area (Å²) in [5, 5.41) is 12.3. The summed E-state index contributed by atoms with van der Waals surface area (Å²) in [6.45, 7) is 2.52. The van der Waals surface area contributed by atoms with Crippen LogP contribution in [0.3, 0.4) is 0 Å². The number of nitrogens with one attached hydrogen (secondary N) is 2. The molecule has 0 saturated heterocycles. The summed E-state index contributed by atoms with van der Waals surface area (Å²) in [6.07, 6.45) is 7.91. The van der Waals surface area contributed by atoms with Crippen molar-refractivity contribution in [2.75, 3.05) is 19.8 Å². The SMILES string of the molecule is CCOC[C@H](O)CNC(=O)c1cnc(C23CC4CC(CC(C4)C2)C3)[nH]c1=O. The van der Waals surface area contributed by atoms with Crippen LogP contribution in [0.2, 0.25) is 0 Å². The fourth-order valence-electron chi connectivity index (χ4n) is 5.85. The number of hydrogen-bond donors (Lipinski definition) is 3. The number of aliphatic hydroxyl groups excluding tert-OH is 1. The van der Waals surface area contributed by atoms with E-state index < -0.39 is 17.6 Å². The monoisotopic (exact) mass is 375 g/mol. The molecule has 0 spiro atoms. The van der Waals surface area contributed by atoms with Gasteiger partial charge in [0.1, 0.15) is 11.4 Å². The Balaban J connectivity index is 1.45. The molecule has 0 unspecified atom stereocenters. The summed E-state index contributed by atoms with van der Waals surface area (Å²) in [6, 6.07) is 0. The molecule has 4 aliphatic rings. The molecule has 7 heteroatoms.